The zero-order chi connectivity index (χ0) is 12.3. The average molecular weight is 239 g/mol. The molecule has 0 fully saturated rings. The second kappa shape index (κ2) is 5.72. The molecule has 0 bridgehead atoms. The quantitative estimate of drug-likeness (QED) is 0.665. The Morgan fingerprint density at radius 2 is 1.56 bits per heavy atom. The lowest BCUT2D eigenvalue weighted by Gasteiger charge is -2.25. The van der Waals surface area contributed by atoms with Gasteiger partial charge in [0.05, 0.1) is 0 Å². The Kier molecular flexibility index (Phi) is 4.86. The fourth-order valence-electron chi connectivity index (χ4n) is 2.34. The fraction of sp³-hybridized carbons (Fsp3) is 0.600. The van der Waals surface area contributed by atoms with E-state index in [4.69, 9.17) is 11.6 Å². The molecule has 0 amide bonds. The maximum Gasteiger partial charge on any atom is 0.0341 e. The van der Waals surface area contributed by atoms with Gasteiger partial charge in [-0.3, -0.25) is 0 Å². The number of rotatable bonds is 4. The van der Waals surface area contributed by atoms with Crippen LogP contribution in [-0.2, 0) is 6.42 Å². The Morgan fingerprint density at radius 3 is 1.94 bits per heavy atom. The van der Waals surface area contributed by atoms with E-state index in [2.05, 4.69) is 52.8 Å². The first kappa shape index (κ1) is 13.6. The van der Waals surface area contributed by atoms with E-state index in [-0.39, 0.29) is 5.38 Å². The molecule has 0 aliphatic heterocycles. The summed E-state index contributed by atoms with van der Waals surface area (Å²) in [5.74, 6) is 1.19. The number of alkyl halides is 1. The smallest absolute Gasteiger partial charge is 0.0341 e. The summed E-state index contributed by atoms with van der Waals surface area (Å²) in [5, 5.41) is 0.235. The fourth-order valence-corrected chi connectivity index (χ4v) is 2.72. The van der Waals surface area contributed by atoms with Gasteiger partial charge >= 0.3 is 0 Å². The second-order valence-corrected chi connectivity index (χ2v) is 5.85. The zero-order valence-corrected chi connectivity index (χ0v) is 11.8. The number of hydrogen-bond acceptors (Lipinski definition) is 0. The average Bonchev–Trinajstić information content (AvgIpc) is 2.15. The molecule has 0 aliphatic carbocycles. The Bertz CT molecular complexity index is 311. The van der Waals surface area contributed by atoms with Crippen LogP contribution in [0.2, 0.25) is 0 Å². The molecule has 1 heteroatoms. The van der Waals surface area contributed by atoms with Crippen LogP contribution < -0.4 is 0 Å². The van der Waals surface area contributed by atoms with E-state index >= 15 is 0 Å². The van der Waals surface area contributed by atoms with Gasteiger partial charge in [0.2, 0.25) is 0 Å². The van der Waals surface area contributed by atoms with E-state index in [1.165, 1.54) is 16.7 Å². The minimum absolute atomic E-state index is 0.235. The summed E-state index contributed by atoms with van der Waals surface area (Å²) >= 11 is 6.29. The first-order chi connectivity index (χ1) is 7.43. The molecule has 0 heterocycles. The predicted molar refractivity (Wildman–Crippen MR) is 73.3 cm³/mol. The molecular weight excluding hydrogens is 216 g/mol. The van der Waals surface area contributed by atoms with Gasteiger partial charge in [0.15, 0.2) is 0 Å². The van der Waals surface area contributed by atoms with E-state index < -0.39 is 0 Å². The molecule has 1 rings (SSSR count). The summed E-state index contributed by atoms with van der Waals surface area (Å²) in [5.41, 5.74) is 4.26. The third-order valence-corrected chi connectivity index (χ3v) is 3.85. The van der Waals surface area contributed by atoms with E-state index in [1.54, 1.807) is 0 Å². The minimum Gasteiger partial charge on any atom is -0.123 e. The minimum atomic E-state index is 0.235. The molecule has 0 N–H and O–H groups in total. The van der Waals surface area contributed by atoms with Gasteiger partial charge in [-0.2, -0.15) is 0 Å². The third-order valence-electron chi connectivity index (χ3n) is 3.53. The van der Waals surface area contributed by atoms with Crippen LogP contribution >= 0.6 is 11.6 Å². The summed E-state index contributed by atoms with van der Waals surface area (Å²) in [4.78, 5) is 0. The molecule has 0 aromatic heterocycles. The summed E-state index contributed by atoms with van der Waals surface area (Å²) in [6.45, 7) is 11.0. The molecule has 1 aromatic carbocycles. The van der Waals surface area contributed by atoms with Gasteiger partial charge in [0, 0.05) is 5.38 Å². The van der Waals surface area contributed by atoms with Crippen molar-refractivity contribution in [3.63, 3.8) is 0 Å². The predicted octanol–water partition coefficient (Wildman–Crippen LogP) is 4.75. The van der Waals surface area contributed by atoms with Crippen LogP contribution in [0.4, 0.5) is 0 Å². The molecule has 0 saturated carbocycles. The van der Waals surface area contributed by atoms with Crippen molar-refractivity contribution in [2.75, 3.05) is 0 Å². The molecule has 0 spiro atoms. The van der Waals surface area contributed by atoms with Crippen molar-refractivity contribution >= 4 is 11.6 Å². The van der Waals surface area contributed by atoms with E-state index in [0.29, 0.717) is 11.8 Å². The summed E-state index contributed by atoms with van der Waals surface area (Å²) in [7, 11) is 0. The highest BCUT2D eigenvalue weighted by molar-refractivity contribution is 6.20. The van der Waals surface area contributed by atoms with Gasteiger partial charge in [-0.25, -0.2) is 0 Å². The van der Waals surface area contributed by atoms with Crippen molar-refractivity contribution in [2.24, 2.45) is 11.8 Å². The van der Waals surface area contributed by atoms with Gasteiger partial charge in [-0.05, 0) is 55.7 Å². The van der Waals surface area contributed by atoms with Crippen molar-refractivity contribution in [3.05, 3.63) is 34.9 Å². The molecular formula is C15H23Cl. The van der Waals surface area contributed by atoms with Crippen molar-refractivity contribution < 1.29 is 0 Å². The van der Waals surface area contributed by atoms with Gasteiger partial charge in [-0.1, -0.05) is 32.0 Å². The lowest BCUT2D eigenvalue weighted by molar-refractivity contribution is 0.375. The van der Waals surface area contributed by atoms with Crippen LogP contribution in [0.3, 0.4) is 0 Å². The monoisotopic (exact) mass is 238 g/mol. The Hall–Kier alpha value is -0.490. The first-order valence-corrected chi connectivity index (χ1v) is 6.56. The Balaban J connectivity index is 2.94. The van der Waals surface area contributed by atoms with Crippen molar-refractivity contribution in [3.8, 4) is 0 Å². The van der Waals surface area contributed by atoms with Crippen molar-refractivity contribution in [1.82, 2.24) is 0 Å². The number of hydrogen-bond donors (Lipinski definition) is 0. The van der Waals surface area contributed by atoms with Crippen molar-refractivity contribution in [2.45, 2.75) is 46.4 Å². The lowest BCUT2D eigenvalue weighted by atomic mass is 9.84. The van der Waals surface area contributed by atoms with Gasteiger partial charge in [-0.15, -0.1) is 11.6 Å². The number of benzene rings is 1. The maximum absolute atomic E-state index is 6.29. The van der Waals surface area contributed by atoms with Crippen LogP contribution in [-0.4, -0.2) is 5.38 Å². The molecule has 90 valence electrons. The second-order valence-electron chi connectivity index (χ2n) is 5.16. The van der Waals surface area contributed by atoms with Crippen LogP contribution in [0, 0.1) is 25.7 Å². The molecule has 0 aliphatic rings. The zero-order valence-electron chi connectivity index (χ0n) is 11.0. The number of aryl methyl sites for hydroxylation is 2. The standard InChI is InChI=1S/C15H23Cl/c1-10(2)14(13(5)16)9-15-11(3)7-6-8-12(15)4/h6-8,10,13-14H,9H2,1-5H3. The van der Waals surface area contributed by atoms with Crippen molar-refractivity contribution in [1.29, 1.82) is 0 Å². The highest BCUT2D eigenvalue weighted by Crippen LogP contribution is 2.27. The molecule has 0 radical (unpaired) electrons. The van der Waals surface area contributed by atoms with Crippen LogP contribution in [0.1, 0.15) is 37.5 Å². The van der Waals surface area contributed by atoms with Crippen LogP contribution in [0.15, 0.2) is 18.2 Å². The Labute approximate surface area is 105 Å². The number of halogens is 1. The van der Waals surface area contributed by atoms with Crippen LogP contribution in [0.5, 0.6) is 0 Å². The molecule has 2 unspecified atom stereocenters. The summed E-state index contributed by atoms with van der Waals surface area (Å²) in [6, 6.07) is 6.51. The summed E-state index contributed by atoms with van der Waals surface area (Å²) < 4.78 is 0. The normalized spacial score (nSPS) is 15.2. The highest BCUT2D eigenvalue weighted by atomic mass is 35.5. The lowest BCUT2D eigenvalue weighted by Crippen LogP contribution is -2.21. The Morgan fingerprint density at radius 1 is 1.06 bits per heavy atom. The first-order valence-electron chi connectivity index (χ1n) is 6.12. The maximum atomic E-state index is 6.29. The molecule has 0 saturated heterocycles. The molecule has 16 heavy (non-hydrogen) atoms. The van der Waals surface area contributed by atoms with E-state index in [0.717, 1.165) is 6.42 Å². The van der Waals surface area contributed by atoms with Gasteiger partial charge < -0.3 is 0 Å². The van der Waals surface area contributed by atoms with Gasteiger partial charge in [0.1, 0.15) is 0 Å². The largest absolute Gasteiger partial charge is 0.123 e. The highest BCUT2D eigenvalue weighted by Gasteiger charge is 2.20. The van der Waals surface area contributed by atoms with Crippen LogP contribution in [0.25, 0.3) is 0 Å². The van der Waals surface area contributed by atoms with Gasteiger partial charge in [0.25, 0.3) is 0 Å². The SMILES string of the molecule is Cc1cccc(C)c1CC(C(C)C)C(C)Cl. The van der Waals surface area contributed by atoms with E-state index in [1.807, 2.05) is 0 Å². The molecule has 1 aromatic rings. The summed E-state index contributed by atoms with van der Waals surface area (Å²) in [6.07, 6.45) is 1.10. The molecule has 0 nitrogen and oxygen atoms in total. The topological polar surface area (TPSA) is 0 Å². The molecule has 2 atom stereocenters. The van der Waals surface area contributed by atoms with E-state index in [9.17, 15) is 0 Å². The third kappa shape index (κ3) is 3.25.